The van der Waals surface area contributed by atoms with E-state index in [2.05, 4.69) is 17.0 Å². The molecule has 0 bridgehead atoms. The van der Waals surface area contributed by atoms with Gasteiger partial charge in [-0.1, -0.05) is 0 Å². The Morgan fingerprint density at radius 3 is 2.89 bits per heavy atom. The molecule has 18 heavy (non-hydrogen) atoms. The molecule has 0 saturated carbocycles. The normalized spacial score (nSPS) is 11.2. The molecule has 4 heteroatoms. The summed E-state index contributed by atoms with van der Waals surface area (Å²) in [6.07, 6.45) is 8.88. The topological polar surface area (TPSA) is 34.2 Å². The summed E-state index contributed by atoms with van der Waals surface area (Å²) in [7, 11) is 2.17. The molecule has 0 aliphatic carbocycles. The molecule has 0 fully saturated rings. The van der Waals surface area contributed by atoms with Gasteiger partial charge in [0.2, 0.25) is 0 Å². The molecule has 4 nitrogen and oxygen atoms in total. The van der Waals surface area contributed by atoms with Gasteiger partial charge in [-0.15, -0.1) is 0 Å². The first-order valence-electron chi connectivity index (χ1n) is 6.53. The highest BCUT2D eigenvalue weighted by molar-refractivity contribution is 4.97. The molecule has 2 aromatic rings. The number of aromatic nitrogens is 2. The Labute approximate surface area is 108 Å². The Morgan fingerprint density at radius 2 is 2.17 bits per heavy atom. The van der Waals surface area contributed by atoms with Crippen molar-refractivity contribution in [2.45, 2.75) is 25.8 Å². The minimum absolute atomic E-state index is 0.996. The quantitative estimate of drug-likeness (QED) is 0.718. The van der Waals surface area contributed by atoms with Crippen molar-refractivity contribution in [3.63, 3.8) is 0 Å². The van der Waals surface area contributed by atoms with Crippen molar-refractivity contribution in [3.05, 3.63) is 42.6 Å². The van der Waals surface area contributed by atoms with E-state index in [4.69, 9.17) is 4.42 Å². The van der Waals surface area contributed by atoms with Crippen molar-refractivity contribution >= 4 is 0 Å². The minimum Gasteiger partial charge on any atom is -0.469 e. The van der Waals surface area contributed by atoms with Crippen molar-refractivity contribution in [1.82, 2.24) is 14.7 Å². The van der Waals surface area contributed by atoms with Crippen LogP contribution in [0.25, 0.3) is 0 Å². The fraction of sp³-hybridized carbons (Fsp3) is 0.500. The monoisotopic (exact) mass is 247 g/mol. The molecule has 2 rings (SSSR count). The van der Waals surface area contributed by atoms with Crippen LogP contribution >= 0.6 is 0 Å². The van der Waals surface area contributed by atoms with Crippen LogP contribution in [-0.4, -0.2) is 34.8 Å². The number of aryl methyl sites for hydroxylation is 2. The van der Waals surface area contributed by atoms with Crippen LogP contribution in [0, 0.1) is 0 Å². The average Bonchev–Trinajstić information content (AvgIpc) is 3.01. The Hall–Kier alpha value is -1.55. The second kappa shape index (κ2) is 7.01. The molecule has 0 amide bonds. The van der Waals surface area contributed by atoms with Gasteiger partial charge in [0.15, 0.2) is 0 Å². The van der Waals surface area contributed by atoms with Gasteiger partial charge < -0.3 is 9.32 Å². The minimum atomic E-state index is 0.996. The molecule has 2 heterocycles. The maximum absolute atomic E-state index is 5.32. The summed E-state index contributed by atoms with van der Waals surface area (Å²) >= 11 is 0. The van der Waals surface area contributed by atoms with Gasteiger partial charge in [0, 0.05) is 25.4 Å². The molecule has 0 N–H and O–H groups in total. The molecular formula is C14H21N3O. The Morgan fingerprint density at radius 1 is 1.28 bits per heavy atom. The van der Waals surface area contributed by atoms with E-state index in [0.717, 1.165) is 44.7 Å². The van der Waals surface area contributed by atoms with Gasteiger partial charge >= 0.3 is 0 Å². The summed E-state index contributed by atoms with van der Waals surface area (Å²) in [6, 6.07) is 5.95. The van der Waals surface area contributed by atoms with E-state index in [1.807, 2.05) is 35.3 Å². The lowest BCUT2D eigenvalue weighted by Gasteiger charge is -2.15. The second-order valence-electron chi connectivity index (χ2n) is 4.61. The lowest BCUT2D eigenvalue weighted by molar-refractivity contribution is 0.311. The van der Waals surface area contributed by atoms with Crippen LogP contribution in [-0.2, 0) is 13.0 Å². The largest absolute Gasteiger partial charge is 0.469 e. The predicted octanol–water partition coefficient (Wildman–Crippen LogP) is 2.43. The number of hydrogen-bond acceptors (Lipinski definition) is 3. The highest BCUT2D eigenvalue weighted by atomic mass is 16.3. The number of nitrogens with zero attached hydrogens (tertiary/aromatic N) is 3. The maximum atomic E-state index is 5.32. The first-order chi connectivity index (χ1) is 8.84. The molecule has 0 unspecified atom stereocenters. The zero-order valence-electron chi connectivity index (χ0n) is 11.0. The van der Waals surface area contributed by atoms with E-state index in [-0.39, 0.29) is 0 Å². The van der Waals surface area contributed by atoms with Gasteiger partial charge in [-0.05, 0) is 51.2 Å². The van der Waals surface area contributed by atoms with Crippen LogP contribution in [0.5, 0.6) is 0 Å². The van der Waals surface area contributed by atoms with Crippen LogP contribution in [0.3, 0.4) is 0 Å². The van der Waals surface area contributed by atoms with Crippen LogP contribution in [0.2, 0.25) is 0 Å². The fourth-order valence-corrected chi connectivity index (χ4v) is 2.03. The third-order valence-corrected chi connectivity index (χ3v) is 3.03. The predicted molar refractivity (Wildman–Crippen MR) is 71.4 cm³/mol. The number of hydrogen-bond donors (Lipinski definition) is 0. The van der Waals surface area contributed by atoms with E-state index in [9.17, 15) is 0 Å². The summed E-state index contributed by atoms with van der Waals surface area (Å²) in [6.45, 7) is 3.22. The fourth-order valence-electron chi connectivity index (χ4n) is 2.03. The van der Waals surface area contributed by atoms with Crippen molar-refractivity contribution in [2.75, 3.05) is 20.1 Å². The lowest BCUT2D eigenvalue weighted by Crippen LogP contribution is -2.22. The molecule has 0 aliphatic heterocycles. The number of furan rings is 1. The van der Waals surface area contributed by atoms with Gasteiger partial charge in [-0.2, -0.15) is 5.10 Å². The van der Waals surface area contributed by atoms with E-state index in [1.54, 1.807) is 6.26 Å². The second-order valence-corrected chi connectivity index (χ2v) is 4.61. The summed E-state index contributed by atoms with van der Waals surface area (Å²) in [5.41, 5.74) is 0. The molecule has 98 valence electrons. The summed E-state index contributed by atoms with van der Waals surface area (Å²) in [5.74, 6) is 1.08. The molecule has 0 aliphatic rings. The molecule has 0 saturated heterocycles. The molecule has 0 radical (unpaired) electrons. The number of rotatable bonds is 8. The van der Waals surface area contributed by atoms with Crippen LogP contribution < -0.4 is 0 Å². The average molecular weight is 247 g/mol. The van der Waals surface area contributed by atoms with Crippen molar-refractivity contribution < 1.29 is 4.42 Å². The van der Waals surface area contributed by atoms with E-state index in [0.29, 0.717) is 0 Å². The zero-order chi connectivity index (χ0) is 12.6. The van der Waals surface area contributed by atoms with Crippen LogP contribution in [0.4, 0.5) is 0 Å². The van der Waals surface area contributed by atoms with Crippen LogP contribution in [0.15, 0.2) is 41.3 Å². The van der Waals surface area contributed by atoms with Gasteiger partial charge in [0.1, 0.15) is 5.76 Å². The van der Waals surface area contributed by atoms with Gasteiger partial charge in [0.25, 0.3) is 0 Å². The van der Waals surface area contributed by atoms with Crippen molar-refractivity contribution in [1.29, 1.82) is 0 Å². The van der Waals surface area contributed by atoms with E-state index >= 15 is 0 Å². The Bertz CT molecular complexity index is 368. The molecule has 0 spiro atoms. The Balaban J connectivity index is 1.53. The zero-order valence-corrected chi connectivity index (χ0v) is 11.0. The lowest BCUT2D eigenvalue weighted by atomic mass is 10.2. The van der Waals surface area contributed by atoms with Gasteiger partial charge in [0.05, 0.1) is 6.26 Å². The maximum Gasteiger partial charge on any atom is 0.103 e. The molecule has 2 aromatic heterocycles. The molecular weight excluding hydrogens is 226 g/mol. The molecule has 0 aromatic carbocycles. The first kappa shape index (κ1) is 12.9. The van der Waals surface area contributed by atoms with E-state index < -0.39 is 0 Å². The smallest absolute Gasteiger partial charge is 0.103 e. The third-order valence-electron chi connectivity index (χ3n) is 3.03. The standard InChI is InChI=1S/C14H21N3O/c1-16(9-2-6-14-7-3-13-18-14)10-5-12-17-11-4-8-15-17/h3-4,7-8,11,13H,2,5-6,9-10,12H2,1H3. The third kappa shape index (κ3) is 4.37. The van der Waals surface area contributed by atoms with Crippen LogP contribution in [0.1, 0.15) is 18.6 Å². The van der Waals surface area contributed by atoms with Gasteiger partial charge in [-0.25, -0.2) is 0 Å². The Kier molecular flexibility index (Phi) is 5.02. The van der Waals surface area contributed by atoms with Gasteiger partial charge in [-0.3, -0.25) is 4.68 Å². The SMILES string of the molecule is CN(CCCc1ccco1)CCCn1cccn1. The highest BCUT2D eigenvalue weighted by Gasteiger charge is 2.00. The summed E-state index contributed by atoms with van der Waals surface area (Å²) < 4.78 is 7.30. The summed E-state index contributed by atoms with van der Waals surface area (Å²) in [4.78, 5) is 2.37. The summed E-state index contributed by atoms with van der Waals surface area (Å²) in [5, 5.41) is 4.19. The molecule has 0 atom stereocenters. The first-order valence-corrected chi connectivity index (χ1v) is 6.53. The highest BCUT2D eigenvalue weighted by Crippen LogP contribution is 2.04. The van der Waals surface area contributed by atoms with Crippen molar-refractivity contribution in [2.24, 2.45) is 0 Å². The van der Waals surface area contributed by atoms with E-state index in [1.165, 1.54) is 0 Å². The van der Waals surface area contributed by atoms with Crippen molar-refractivity contribution in [3.8, 4) is 0 Å².